The second-order valence-corrected chi connectivity index (χ2v) is 5.28. The van der Waals surface area contributed by atoms with Crippen LogP contribution in [0.4, 0.5) is 8.78 Å². The number of aliphatic hydroxyl groups excluding tert-OH is 1. The quantitative estimate of drug-likeness (QED) is 0.811. The van der Waals surface area contributed by atoms with E-state index in [0.717, 1.165) is 0 Å². The molecule has 0 aromatic heterocycles. The Morgan fingerprint density at radius 1 is 1.42 bits per heavy atom. The average molecular weight is 294 g/mol. The van der Waals surface area contributed by atoms with E-state index in [1.807, 2.05) is 13.8 Å². The van der Waals surface area contributed by atoms with Crippen molar-refractivity contribution in [3.8, 4) is 5.75 Å². The van der Waals surface area contributed by atoms with Crippen molar-refractivity contribution in [1.29, 1.82) is 0 Å². The minimum atomic E-state index is -2.87. The molecular weight excluding hydrogens is 276 g/mol. The lowest BCUT2D eigenvalue weighted by Crippen LogP contribution is -2.39. The van der Waals surface area contributed by atoms with E-state index in [0.29, 0.717) is 23.6 Å². The van der Waals surface area contributed by atoms with Crippen LogP contribution in [-0.4, -0.2) is 23.9 Å². The van der Waals surface area contributed by atoms with Crippen LogP contribution in [0.1, 0.15) is 25.8 Å². The van der Waals surface area contributed by atoms with E-state index in [2.05, 4.69) is 10.1 Å². The Balaban J connectivity index is 2.78. The zero-order valence-electron chi connectivity index (χ0n) is 10.9. The summed E-state index contributed by atoms with van der Waals surface area (Å²) < 4.78 is 29.0. The maximum atomic E-state index is 12.3. The summed E-state index contributed by atoms with van der Waals surface area (Å²) in [5, 5.41) is 12.6. The number of hydrogen-bond acceptors (Lipinski definition) is 3. The number of benzene rings is 1. The highest BCUT2D eigenvalue weighted by atomic mass is 35.5. The summed E-state index contributed by atoms with van der Waals surface area (Å²) in [4.78, 5) is 0. The third-order valence-electron chi connectivity index (χ3n) is 2.73. The Bertz CT molecular complexity index is 414. The average Bonchev–Trinajstić information content (AvgIpc) is 2.29. The standard InChI is InChI=1S/C13H18ClF2NO2/c1-13(2,5-6-18)17-8-9-7-10(14)3-4-11(9)19-12(15)16/h3-4,7,12,17-18H,5-6,8H2,1-2H3. The van der Waals surface area contributed by atoms with Gasteiger partial charge in [0, 0.05) is 29.3 Å². The molecule has 0 spiro atoms. The zero-order chi connectivity index (χ0) is 14.5. The lowest BCUT2D eigenvalue weighted by atomic mass is 10.0. The van der Waals surface area contributed by atoms with Crippen LogP contribution in [-0.2, 0) is 6.54 Å². The summed E-state index contributed by atoms with van der Waals surface area (Å²) in [5.74, 6) is 0.103. The van der Waals surface area contributed by atoms with Crippen molar-refractivity contribution < 1.29 is 18.6 Å². The Kier molecular flexibility index (Phi) is 5.97. The van der Waals surface area contributed by atoms with Crippen LogP contribution in [0.3, 0.4) is 0 Å². The van der Waals surface area contributed by atoms with Crippen LogP contribution in [0, 0.1) is 0 Å². The van der Waals surface area contributed by atoms with Gasteiger partial charge in [0.1, 0.15) is 5.75 Å². The first-order chi connectivity index (χ1) is 8.84. The van der Waals surface area contributed by atoms with Crippen LogP contribution in [0.5, 0.6) is 5.75 Å². The highest BCUT2D eigenvalue weighted by molar-refractivity contribution is 6.30. The summed E-state index contributed by atoms with van der Waals surface area (Å²) in [6.07, 6.45) is 0.554. The highest BCUT2D eigenvalue weighted by Crippen LogP contribution is 2.25. The van der Waals surface area contributed by atoms with Gasteiger partial charge in [0.15, 0.2) is 0 Å². The Morgan fingerprint density at radius 2 is 2.11 bits per heavy atom. The van der Waals surface area contributed by atoms with Gasteiger partial charge in [0.05, 0.1) is 0 Å². The van der Waals surface area contributed by atoms with Gasteiger partial charge in [0.2, 0.25) is 0 Å². The molecule has 1 aromatic rings. The molecule has 0 unspecified atom stereocenters. The van der Waals surface area contributed by atoms with Gasteiger partial charge in [-0.1, -0.05) is 11.6 Å². The number of halogens is 3. The molecule has 1 aromatic carbocycles. The van der Waals surface area contributed by atoms with E-state index in [9.17, 15) is 8.78 Å². The van der Waals surface area contributed by atoms with Crippen molar-refractivity contribution in [2.45, 2.75) is 39.0 Å². The largest absolute Gasteiger partial charge is 0.434 e. The maximum absolute atomic E-state index is 12.3. The van der Waals surface area contributed by atoms with E-state index in [4.69, 9.17) is 16.7 Å². The predicted molar refractivity (Wildman–Crippen MR) is 70.7 cm³/mol. The van der Waals surface area contributed by atoms with Crippen molar-refractivity contribution in [1.82, 2.24) is 5.32 Å². The smallest absolute Gasteiger partial charge is 0.387 e. The summed E-state index contributed by atoms with van der Waals surface area (Å²) in [6, 6.07) is 4.51. The second-order valence-electron chi connectivity index (χ2n) is 4.84. The van der Waals surface area contributed by atoms with Crippen molar-refractivity contribution in [2.75, 3.05) is 6.61 Å². The van der Waals surface area contributed by atoms with Crippen LogP contribution in [0.25, 0.3) is 0 Å². The Morgan fingerprint density at radius 3 is 2.68 bits per heavy atom. The number of rotatable bonds is 7. The molecule has 0 saturated heterocycles. The first-order valence-electron chi connectivity index (χ1n) is 5.93. The molecule has 0 atom stereocenters. The molecule has 0 aliphatic heterocycles. The monoisotopic (exact) mass is 293 g/mol. The molecule has 19 heavy (non-hydrogen) atoms. The normalized spacial score (nSPS) is 11.9. The molecule has 6 heteroatoms. The zero-order valence-corrected chi connectivity index (χ0v) is 11.7. The molecule has 0 fully saturated rings. The van der Waals surface area contributed by atoms with Gasteiger partial charge >= 0.3 is 6.61 Å². The number of alkyl halides is 2. The minimum absolute atomic E-state index is 0.0515. The van der Waals surface area contributed by atoms with Gasteiger partial charge < -0.3 is 15.2 Å². The number of ether oxygens (including phenoxy) is 1. The van der Waals surface area contributed by atoms with E-state index in [1.54, 1.807) is 6.07 Å². The Hall–Kier alpha value is -0.910. The molecular formula is C13H18ClF2NO2. The molecule has 0 saturated carbocycles. The molecule has 0 bridgehead atoms. The molecule has 0 radical (unpaired) electrons. The second kappa shape index (κ2) is 7.03. The topological polar surface area (TPSA) is 41.5 Å². The van der Waals surface area contributed by atoms with Crippen molar-refractivity contribution in [2.24, 2.45) is 0 Å². The molecule has 3 nitrogen and oxygen atoms in total. The van der Waals surface area contributed by atoms with Gasteiger partial charge in [-0.25, -0.2) is 0 Å². The number of hydrogen-bond donors (Lipinski definition) is 2. The fourth-order valence-corrected chi connectivity index (χ4v) is 1.79. The minimum Gasteiger partial charge on any atom is -0.434 e. The first-order valence-corrected chi connectivity index (χ1v) is 6.31. The summed E-state index contributed by atoms with van der Waals surface area (Å²) in [6.45, 7) is 1.35. The lowest BCUT2D eigenvalue weighted by Gasteiger charge is -2.26. The molecule has 0 amide bonds. The molecule has 0 heterocycles. The molecule has 0 aliphatic carbocycles. The van der Waals surface area contributed by atoms with E-state index in [1.165, 1.54) is 12.1 Å². The van der Waals surface area contributed by atoms with Crippen molar-refractivity contribution in [3.05, 3.63) is 28.8 Å². The third-order valence-corrected chi connectivity index (χ3v) is 2.97. The highest BCUT2D eigenvalue weighted by Gasteiger charge is 2.18. The number of nitrogens with one attached hydrogen (secondary N) is 1. The maximum Gasteiger partial charge on any atom is 0.387 e. The number of aliphatic hydroxyl groups is 1. The molecule has 1 rings (SSSR count). The van der Waals surface area contributed by atoms with Gasteiger partial charge in [-0.3, -0.25) is 0 Å². The lowest BCUT2D eigenvalue weighted by molar-refractivity contribution is -0.0505. The van der Waals surface area contributed by atoms with E-state index < -0.39 is 6.61 Å². The van der Waals surface area contributed by atoms with Crippen molar-refractivity contribution in [3.63, 3.8) is 0 Å². The summed E-state index contributed by atoms with van der Waals surface area (Å²) >= 11 is 5.85. The van der Waals surface area contributed by atoms with Crippen LogP contribution < -0.4 is 10.1 Å². The predicted octanol–water partition coefficient (Wildman–Crippen LogP) is 3.19. The molecule has 0 aliphatic rings. The summed E-state index contributed by atoms with van der Waals surface area (Å²) in [5.41, 5.74) is 0.248. The van der Waals surface area contributed by atoms with Crippen molar-refractivity contribution >= 4 is 11.6 Å². The van der Waals surface area contributed by atoms with Crippen LogP contribution >= 0.6 is 11.6 Å². The molecule has 2 N–H and O–H groups in total. The summed E-state index contributed by atoms with van der Waals surface area (Å²) in [7, 11) is 0. The Labute approximate surface area is 116 Å². The third kappa shape index (κ3) is 5.72. The molecule has 108 valence electrons. The van der Waals surface area contributed by atoms with E-state index in [-0.39, 0.29) is 17.9 Å². The fourth-order valence-electron chi connectivity index (χ4n) is 1.60. The first kappa shape index (κ1) is 16.1. The fraction of sp³-hybridized carbons (Fsp3) is 0.538. The van der Waals surface area contributed by atoms with Crippen LogP contribution in [0.2, 0.25) is 5.02 Å². The van der Waals surface area contributed by atoms with Crippen LogP contribution in [0.15, 0.2) is 18.2 Å². The van der Waals surface area contributed by atoms with Gasteiger partial charge in [0.25, 0.3) is 0 Å². The van der Waals surface area contributed by atoms with Gasteiger partial charge in [-0.2, -0.15) is 8.78 Å². The van der Waals surface area contributed by atoms with Gasteiger partial charge in [-0.05, 0) is 38.5 Å². The van der Waals surface area contributed by atoms with E-state index >= 15 is 0 Å². The van der Waals surface area contributed by atoms with Gasteiger partial charge in [-0.15, -0.1) is 0 Å². The SMILES string of the molecule is CC(C)(CCO)NCc1cc(Cl)ccc1OC(F)F.